The molecule has 0 saturated heterocycles. The van der Waals surface area contributed by atoms with E-state index in [4.69, 9.17) is 15.9 Å². The van der Waals surface area contributed by atoms with Crippen molar-refractivity contribution in [3.63, 3.8) is 0 Å². The quantitative estimate of drug-likeness (QED) is 0.408. The van der Waals surface area contributed by atoms with Crippen LogP contribution >= 0.6 is 0 Å². The van der Waals surface area contributed by atoms with Crippen LogP contribution in [0.2, 0.25) is 0 Å². The molecule has 14 heavy (non-hydrogen) atoms. The number of ether oxygens (including phenoxy) is 2. The normalized spacial score (nSPS) is 10.4. The zero-order valence-electron chi connectivity index (χ0n) is 9.29. The summed E-state index contributed by atoms with van der Waals surface area (Å²) in [5.74, 6) is 2.64. The van der Waals surface area contributed by atoms with Crippen LogP contribution < -0.4 is 0 Å². The molecule has 0 heterocycles. The predicted octanol–water partition coefficient (Wildman–Crippen LogP) is 0.995. The summed E-state index contributed by atoms with van der Waals surface area (Å²) in [5, 5.41) is 0. The van der Waals surface area contributed by atoms with Crippen molar-refractivity contribution >= 4 is 0 Å². The summed E-state index contributed by atoms with van der Waals surface area (Å²) in [6, 6.07) is 0. The molecule has 82 valence electrons. The van der Waals surface area contributed by atoms with Crippen LogP contribution in [-0.4, -0.2) is 51.0 Å². The second-order valence-electron chi connectivity index (χ2n) is 2.87. The van der Waals surface area contributed by atoms with Gasteiger partial charge in [-0.2, -0.15) is 0 Å². The summed E-state index contributed by atoms with van der Waals surface area (Å²) in [6.45, 7) is 9.41. The van der Waals surface area contributed by atoms with Gasteiger partial charge in [0.2, 0.25) is 0 Å². The van der Waals surface area contributed by atoms with Gasteiger partial charge in [-0.1, -0.05) is 5.92 Å². The molecule has 0 aromatic rings. The Morgan fingerprint density at radius 1 is 1.07 bits per heavy atom. The molecule has 0 N–H and O–H groups in total. The summed E-state index contributed by atoms with van der Waals surface area (Å²) < 4.78 is 10.5. The first kappa shape index (κ1) is 13.4. The van der Waals surface area contributed by atoms with Gasteiger partial charge in [-0.3, -0.25) is 4.90 Å². The molecule has 0 rings (SSSR count). The third-order valence-electron chi connectivity index (χ3n) is 1.83. The first-order chi connectivity index (χ1) is 6.85. The molecule has 0 bridgehead atoms. The molecule has 3 heteroatoms. The van der Waals surface area contributed by atoms with Crippen LogP contribution in [0.4, 0.5) is 0 Å². The number of terminal acetylenes is 1. The van der Waals surface area contributed by atoms with E-state index in [2.05, 4.69) is 10.8 Å². The minimum Gasteiger partial charge on any atom is -0.380 e. The monoisotopic (exact) mass is 199 g/mol. The summed E-state index contributed by atoms with van der Waals surface area (Å²) in [6.07, 6.45) is 5.26. The summed E-state index contributed by atoms with van der Waals surface area (Å²) in [5.41, 5.74) is 0. The van der Waals surface area contributed by atoms with E-state index in [1.54, 1.807) is 0 Å². The zero-order valence-corrected chi connectivity index (χ0v) is 9.29. The number of hydrogen-bond donors (Lipinski definition) is 0. The molecule has 0 unspecified atom stereocenters. The van der Waals surface area contributed by atoms with Crippen LogP contribution in [-0.2, 0) is 9.47 Å². The molecule has 3 nitrogen and oxygen atoms in total. The van der Waals surface area contributed by atoms with Crippen molar-refractivity contribution in [2.75, 3.05) is 46.1 Å². The highest BCUT2D eigenvalue weighted by Gasteiger charge is 2.01. The van der Waals surface area contributed by atoms with Gasteiger partial charge in [0.15, 0.2) is 0 Å². The van der Waals surface area contributed by atoms with Crippen molar-refractivity contribution in [3.05, 3.63) is 0 Å². The largest absolute Gasteiger partial charge is 0.380 e. The molecule has 0 saturated carbocycles. The van der Waals surface area contributed by atoms with Gasteiger partial charge in [-0.25, -0.2) is 0 Å². The molecule has 0 amide bonds. The maximum atomic E-state index is 5.27. The number of nitrogens with zero attached hydrogens (tertiary/aromatic N) is 1. The van der Waals surface area contributed by atoms with E-state index in [0.717, 1.165) is 39.5 Å². The summed E-state index contributed by atoms with van der Waals surface area (Å²) >= 11 is 0. The summed E-state index contributed by atoms with van der Waals surface area (Å²) in [4.78, 5) is 2.16. The van der Waals surface area contributed by atoms with E-state index in [1.807, 2.05) is 13.8 Å². The van der Waals surface area contributed by atoms with E-state index >= 15 is 0 Å². The molecule has 0 aromatic carbocycles. The molecular formula is C11H21NO2. The molecule has 0 aliphatic rings. The van der Waals surface area contributed by atoms with Crippen molar-refractivity contribution < 1.29 is 9.47 Å². The third-order valence-corrected chi connectivity index (χ3v) is 1.83. The summed E-state index contributed by atoms with van der Waals surface area (Å²) in [7, 11) is 0. The third kappa shape index (κ3) is 8.06. The van der Waals surface area contributed by atoms with Gasteiger partial charge in [0.25, 0.3) is 0 Å². The van der Waals surface area contributed by atoms with E-state index in [-0.39, 0.29) is 0 Å². The SMILES string of the molecule is C#CCN(CCOCC)CCOCC. The van der Waals surface area contributed by atoms with Crippen LogP contribution in [0.3, 0.4) is 0 Å². The van der Waals surface area contributed by atoms with Crippen molar-refractivity contribution in [1.82, 2.24) is 4.90 Å². The molecule has 0 fully saturated rings. The lowest BCUT2D eigenvalue weighted by Gasteiger charge is -2.19. The standard InChI is InChI=1S/C11H21NO2/c1-4-7-12(8-10-13-5-2)9-11-14-6-3/h1H,5-11H2,2-3H3. The Labute approximate surface area is 87.4 Å². The predicted molar refractivity (Wildman–Crippen MR) is 58.3 cm³/mol. The van der Waals surface area contributed by atoms with E-state index in [0.29, 0.717) is 6.54 Å². The number of hydrogen-bond acceptors (Lipinski definition) is 3. The Bertz CT molecular complexity index is 144. The Balaban J connectivity index is 3.50. The molecule has 0 atom stereocenters. The van der Waals surface area contributed by atoms with Crippen LogP contribution in [0.25, 0.3) is 0 Å². The van der Waals surface area contributed by atoms with E-state index in [1.165, 1.54) is 0 Å². The van der Waals surface area contributed by atoms with Crippen molar-refractivity contribution in [2.45, 2.75) is 13.8 Å². The fourth-order valence-electron chi connectivity index (χ4n) is 1.07. The number of rotatable bonds is 9. The van der Waals surface area contributed by atoms with Crippen LogP contribution in [0.5, 0.6) is 0 Å². The maximum Gasteiger partial charge on any atom is 0.0600 e. The van der Waals surface area contributed by atoms with Crippen molar-refractivity contribution in [3.8, 4) is 12.3 Å². The molecule has 0 aliphatic carbocycles. The lowest BCUT2D eigenvalue weighted by atomic mass is 10.4. The van der Waals surface area contributed by atoms with Crippen LogP contribution in [0, 0.1) is 12.3 Å². The van der Waals surface area contributed by atoms with Crippen molar-refractivity contribution in [2.24, 2.45) is 0 Å². The highest BCUT2D eigenvalue weighted by molar-refractivity contribution is 4.88. The van der Waals surface area contributed by atoms with Crippen molar-refractivity contribution in [1.29, 1.82) is 0 Å². The fourth-order valence-corrected chi connectivity index (χ4v) is 1.07. The Morgan fingerprint density at radius 2 is 1.57 bits per heavy atom. The van der Waals surface area contributed by atoms with E-state index in [9.17, 15) is 0 Å². The first-order valence-electron chi connectivity index (χ1n) is 5.16. The molecule has 0 aromatic heterocycles. The van der Waals surface area contributed by atoms with Crippen LogP contribution in [0.1, 0.15) is 13.8 Å². The second kappa shape index (κ2) is 10.5. The van der Waals surface area contributed by atoms with Gasteiger partial charge in [0, 0.05) is 26.3 Å². The zero-order chi connectivity index (χ0) is 10.6. The topological polar surface area (TPSA) is 21.7 Å². The Kier molecular flexibility index (Phi) is 10.1. The van der Waals surface area contributed by atoms with Gasteiger partial charge >= 0.3 is 0 Å². The highest BCUT2D eigenvalue weighted by atomic mass is 16.5. The highest BCUT2D eigenvalue weighted by Crippen LogP contribution is 1.89. The van der Waals surface area contributed by atoms with Gasteiger partial charge in [-0.15, -0.1) is 6.42 Å². The smallest absolute Gasteiger partial charge is 0.0600 e. The van der Waals surface area contributed by atoms with E-state index < -0.39 is 0 Å². The van der Waals surface area contributed by atoms with Crippen LogP contribution in [0.15, 0.2) is 0 Å². The lowest BCUT2D eigenvalue weighted by molar-refractivity contribution is 0.0886. The van der Waals surface area contributed by atoms with Gasteiger partial charge < -0.3 is 9.47 Å². The van der Waals surface area contributed by atoms with Gasteiger partial charge in [0.1, 0.15) is 0 Å². The minimum absolute atomic E-state index is 0.667. The first-order valence-corrected chi connectivity index (χ1v) is 5.16. The fraction of sp³-hybridized carbons (Fsp3) is 0.818. The lowest BCUT2D eigenvalue weighted by Crippen LogP contribution is -2.31. The average Bonchev–Trinajstić information content (AvgIpc) is 2.18. The Morgan fingerprint density at radius 3 is 1.93 bits per heavy atom. The second-order valence-corrected chi connectivity index (χ2v) is 2.87. The van der Waals surface area contributed by atoms with Gasteiger partial charge in [-0.05, 0) is 13.8 Å². The molecule has 0 spiro atoms. The maximum absolute atomic E-state index is 5.27. The molecular weight excluding hydrogens is 178 g/mol. The average molecular weight is 199 g/mol. The molecule has 0 radical (unpaired) electrons. The van der Waals surface area contributed by atoms with Gasteiger partial charge in [0.05, 0.1) is 19.8 Å². The molecule has 0 aliphatic heterocycles. The minimum atomic E-state index is 0.667. The Hall–Kier alpha value is -0.560.